The fourth-order valence-electron chi connectivity index (χ4n) is 2.65. The predicted octanol–water partition coefficient (Wildman–Crippen LogP) is 1.52. The minimum Gasteiger partial charge on any atom is -0.378 e. The van der Waals surface area contributed by atoms with Crippen molar-refractivity contribution in [1.29, 1.82) is 0 Å². The lowest BCUT2D eigenvalue weighted by Gasteiger charge is -2.26. The third kappa shape index (κ3) is 4.32. The van der Waals surface area contributed by atoms with Gasteiger partial charge in [-0.05, 0) is 5.56 Å². The van der Waals surface area contributed by atoms with E-state index in [0.717, 1.165) is 18.8 Å². The maximum atomic E-state index is 12.0. The smallest absolute Gasteiger partial charge is 0.317 e. The topological polar surface area (TPSA) is 59.4 Å². The Morgan fingerprint density at radius 3 is 2.78 bits per heavy atom. The molecular weight excluding hydrogens is 292 g/mol. The Bertz CT molecular complexity index is 621. The summed E-state index contributed by atoms with van der Waals surface area (Å²) in [5.74, 6) is 0.983. The van der Waals surface area contributed by atoms with Crippen molar-refractivity contribution in [3.05, 3.63) is 54.1 Å². The van der Waals surface area contributed by atoms with Crippen molar-refractivity contribution in [1.82, 2.24) is 19.8 Å². The fraction of sp³-hybridized carbons (Fsp3) is 0.412. The minimum atomic E-state index is -0.0190. The molecule has 1 saturated heterocycles. The van der Waals surface area contributed by atoms with Crippen LogP contribution in [-0.2, 0) is 17.7 Å². The van der Waals surface area contributed by atoms with Gasteiger partial charge in [-0.1, -0.05) is 30.3 Å². The van der Waals surface area contributed by atoms with Crippen molar-refractivity contribution < 1.29 is 9.53 Å². The normalized spacial score (nSPS) is 14.7. The second kappa shape index (κ2) is 7.78. The molecule has 1 N–H and O–H groups in total. The first kappa shape index (κ1) is 15.6. The second-order valence-corrected chi connectivity index (χ2v) is 5.54. The van der Waals surface area contributed by atoms with E-state index in [-0.39, 0.29) is 6.03 Å². The van der Waals surface area contributed by atoms with Gasteiger partial charge >= 0.3 is 6.03 Å². The van der Waals surface area contributed by atoms with Crippen LogP contribution in [-0.4, -0.2) is 53.3 Å². The molecule has 1 aliphatic rings. The highest BCUT2D eigenvalue weighted by molar-refractivity contribution is 5.74. The van der Waals surface area contributed by atoms with Gasteiger partial charge in [-0.3, -0.25) is 0 Å². The number of nitrogens with one attached hydrogen (secondary N) is 1. The van der Waals surface area contributed by atoms with Gasteiger partial charge in [-0.15, -0.1) is 0 Å². The summed E-state index contributed by atoms with van der Waals surface area (Å²) in [7, 11) is 0. The molecule has 0 radical (unpaired) electrons. The molecule has 0 aliphatic carbocycles. The molecule has 1 aromatic heterocycles. The number of carbonyl (C=O) groups excluding carboxylic acids is 1. The zero-order chi connectivity index (χ0) is 15.9. The van der Waals surface area contributed by atoms with Crippen LogP contribution in [0, 0.1) is 0 Å². The molecule has 1 fully saturated rings. The lowest BCUT2D eigenvalue weighted by molar-refractivity contribution is 0.0532. The van der Waals surface area contributed by atoms with E-state index in [9.17, 15) is 4.79 Å². The summed E-state index contributed by atoms with van der Waals surface area (Å²) in [6.07, 6.45) is 4.50. The van der Waals surface area contributed by atoms with Crippen molar-refractivity contribution in [2.45, 2.75) is 13.0 Å². The Labute approximate surface area is 136 Å². The molecule has 2 aromatic rings. The van der Waals surface area contributed by atoms with Gasteiger partial charge in [0.2, 0.25) is 0 Å². The molecule has 2 amide bonds. The average Bonchev–Trinajstić information content (AvgIpc) is 3.03. The Hall–Kier alpha value is -2.34. The number of morpholine rings is 1. The first-order chi connectivity index (χ1) is 11.3. The Morgan fingerprint density at radius 2 is 2.00 bits per heavy atom. The van der Waals surface area contributed by atoms with Crippen LogP contribution in [0.25, 0.3) is 0 Å². The molecular formula is C17H22N4O2. The summed E-state index contributed by atoms with van der Waals surface area (Å²) in [4.78, 5) is 18.2. The van der Waals surface area contributed by atoms with E-state index in [0.29, 0.717) is 32.8 Å². The number of rotatable bonds is 5. The van der Waals surface area contributed by atoms with Crippen LogP contribution in [0.5, 0.6) is 0 Å². The summed E-state index contributed by atoms with van der Waals surface area (Å²) in [5.41, 5.74) is 1.24. The van der Waals surface area contributed by atoms with Crippen molar-refractivity contribution in [2.75, 3.05) is 32.8 Å². The summed E-state index contributed by atoms with van der Waals surface area (Å²) in [6, 6.07) is 10.3. The molecule has 3 rings (SSSR count). The number of aromatic nitrogens is 2. The van der Waals surface area contributed by atoms with Gasteiger partial charge in [0, 0.05) is 45.0 Å². The molecule has 6 heteroatoms. The quantitative estimate of drug-likeness (QED) is 0.910. The highest BCUT2D eigenvalue weighted by Gasteiger charge is 2.16. The van der Waals surface area contributed by atoms with Crippen LogP contribution >= 0.6 is 0 Å². The molecule has 1 aliphatic heterocycles. The van der Waals surface area contributed by atoms with Gasteiger partial charge in [0.25, 0.3) is 0 Å². The first-order valence-electron chi connectivity index (χ1n) is 7.97. The van der Waals surface area contributed by atoms with E-state index in [2.05, 4.69) is 27.0 Å². The van der Waals surface area contributed by atoms with Gasteiger partial charge < -0.3 is 19.5 Å². The number of hydrogen-bond donors (Lipinski definition) is 1. The van der Waals surface area contributed by atoms with E-state index in [1.165, 1.54) is 5.56 Å². The van der Waals surface area contributed by atoms with Gasteiger partial charge in [0.1, 0.15) is 5.82 Å². The van der Waals surface area contributed by atoms with Crippen LogP contribution < -0.4 is 5.32 Å². The summed E-state index contributed by atoms with van der Waals surface area (Å²) in [6.45, 7) is 3.95. The molecule has 0 saturated carbocycles. The molecule has 0 spiro atoms. The Kier molecular flexibility index (Phi) is 5.26. The fourth-order valence-corrected chi connectivity index (χ4v) is 2.65. The third-order valence-corrected chi connectivity index (χ3v) is 3.92. The minimum absolute atomic E-state index is 0.0190. The molecule has 122 valence electrons. The average molecular weight is 314 g/mol. The molecule has 0 bridgehead atoms. The lowest BCUT2D eigenvalue weighted by Crippen LogP contribution is -2.46. The SMILES string of the molecule is O=C(NCCc1nccn1Cc1ccccc1)N1CCOCC1. The van der Waals surface area contributed by atoms with Crippen molar-refractivity contribution in [2.24, 2.45) is 0 Å². The number of nitrogens with zero attached hydrogens (tertiary/aromatic N) is 3. The number of imidazole rings is 1. The highest BCUT2D eigenvalue weighted by Crippen LogP contribution is 2.06. The summed E-state index contributed by atoms with van der Waals surface area (Å²) in [5, 5.41) is 2.96. The Morgan fingerprint density at radius 1 is 1.22 bits per heavy atom. The van der Waals surface area contributed by atoms with Crippen LogP contribution in [0.3, 0.4) is 0 Å². The lowest BCUT2D eigenvalue weighted by atomic mass is 10.2. The molecule has 1 aromatic carbocycles. The Balaban J connectivity index is 1.49. The zero-order valence-corrected chi connectivity index (χ0v) is 13.1. The van der Waals surface area contributed by atoms with E-state index in [4.69, 9.17) is 4.74 Å². The molecule has 23 heavy (non-hydrogen) atoms. The number of hydrogen-bond acceptors (Lipinski definition) is 3. The van der Waals surface area contributed by atoms with Gasteiger partial charge in [-0.25, -0.2) is 9.78 Å². The zero-order valence-electron chi connectivity index (χ0n) is 13.1. The van der Waals surface area contributed by atoms with Gasteiger partial charge in [0.05, 0.1) is 13.2 Å². The molecule has 6 nitrogen and oxygen atoms in total. The van der Waals surface area contributed by atoms with Gasteiger partial charge in [-0.2, -0.15) is 0 Å². The van der Waals surface area contributed by atoms with Gasteiger partial charge in [0.15, 0.2) is 0 Å². The monoisotopic (exact) mass is 314 g/mol. The van der Waals surface area contributed by atoms with E-state index in [1.54, 1.807) is 4.90 Å². The second-order valence-electron chi connectivity index (χ2n) is 5.54. The highest BCUT2D eigenvalue weighted by atomic mass is 16.5. The third-order valence-electron chi connectivity index (χ3n) is 3.92. The molecule has 0 unspecified atom stereocenters. The van der Waals surface area contributed by atoms with Crippen LogP contribution in [0.1, 0.15) is 11.4 Å². The molecule has 2 heterocycles. The first-order valence-corrected chi connectivity index (χ1v) is 7.97. The number of amides is 2. The van der Waals surface area contributed by atoms with E-state index in [1.807, 2.05) is 30.6 Å². The summed E-state index contributed by atoms with van der Waals surface area (Å²) < 4.78 is 7.37. The maximum absolute atomic E-state index is 12.0. The summed E-state index contributed by atoms with van der Waals surface area (Å²) >= 11 is 0. The van der Waals surface area contributed by atoms with Crippen LogP contribution in [0.15, 0.2) is 42.7 Å². The van der Waals surface area contributed by atoms with Crippen molar-refractivity contribution >= 4 is 6.03 Å². The van der Waals surface area contributed by atoms with Crippen molar-refractivity contribution in [3.8, 4) is 0 Å². The maximum Gasteiger partial charge on any atom is 0.317 e. The van der Waals surface area contributed by atoms with E-state index < -0.39 is 0 Å². The number of ether oxygens (including phenoxy) is 1. The van der Waals surface area contributed by atoms with E-state index >= 15 is 0 Å². The molecule has 0 atom stereocenters. The number of carbonyl (C=O) groups is 1. The standard InChI is InChI=1S/C17H22N4O2/c22-17(20-10-12-23-13-11-20)19-7-6-16-18-8-9-21(16)14-15-4-2-1-3-5-15/h1-5,8-9H,6-7,10-14H2,(H,19,22). The predicted molar refractivity (Wildman–Crippen MR) is 87.3 cm³/mol. The van der Waals surface area contributed by atoms with Crippen LogP contribution in [0.2, 0.25) is 0 Å². The largest absolute Gasteiger partial charge is 0.378 e. The van der Waals surface area contributed by atoms with Crippen LogP contribution in [0.4, 0.5) is 4.79 Å². The van der Waals surface area contributed by atoms with Crippen molar-refractivity contribution in [3.63, 3.8) is 0 Å². The number of benzene rings is 1. The number of urea groups is 1.